The Bertz CT molecular complexity index is 417. The highest BCUT2D eigenvalue weighted by atomic mass is 16.1. The van der Waals surface area contributed by atoms with Gasteiger partial charge in [0, 0.05) is 25.3 Å². The van der Waals surface area contributed by atoms with Crippen molar-refractivity contribution in [2.24, 2.45) is 5.92 Å². The minimum absolute atomic E-state index is 0.0824. The molecule has 1 amide bonds. The Kier molecular flexibility index (Phi) is 5.41. The first kappa shape index (κ1) is 14.9. The number of amides is 1. The van der Waals surface area contributed by atoms with Gasteiger partial charge in [-0.2, -0.15) is 0 Å². The van der Waals surface area contributed by atoms with Gasteiger partial charge < -0.3 is 15.5 Å². The van der Waals surface area contributed by atoms with Crippen LogP contribution in [0.4, 0.5) is 5.69 Å². The molecule has 1 aliphatic rings. The third-order valence-electron chi connectivity index (χ3n) is 3.83. The third-order valence-corrected chi connectivity index (χ3v) is 3.83. The van der Waals surface area contributed by atoms with Crippen LogP contribution in [0.15, 0.2) is 30.3 Å². The summed E-state index contributed by atoms with van der Waals surface area (Å²) in [6, 6.07) is 10.5. The number of nitrogens with zero attached hydrogens (tertiary/aromatic N) is 1. The van der Waals surface area contributed by atoms with Crippen LogP contribution in [-0.2, 0) is 4.79 Å². The van der Waals surface area contributed by atoms with E-state index in [4.69, 9.17) is 0 Å². The lowest BCUT2D eigenvalue weighted by Crippen LogP contribution is -2.43. The average molecular weight is 275 g/mol. The molecule has 110 valence electrons. The van der Waals surface area contributed by atoms with Gasteiger partial charge in [0.05, 0.1) is 6.54 Å². The number of likely N-dealkylation sites (N-methyl/N-ethyl adjacent to an activating group) is 1. The van der Waals surface area contributed by atoms with Crippen LogP contribution < -0.4 is 15.5 Å². The molecule has 2 rings (SSSR count). The van der Waals surface area contributed by atoms with Crippen LogP contribution in [0.25, 0.3) is 0 Å². The lowest BCUT2D eigenvalue weighted by Gasteiger charge is -2.27. The molecule has 2 N–H and O–H groups in total. The lowest BCUT2D eigenvalue weighted by atomic mass is 10.2. The van der Waals surface area contributed by atoms with E-state index in [0.29, 0.717) is 13.1 Å². The molecule has 1 unspecified atom stereocenters. The molecular weight excluding hydrogens is 250 g/mol. The topological polar surface area (TPSA) is 44.4 Å². The normalized spacial score (nSPS) is 15.7. The standard InChI is InChI=1S/C16H25N3O/c1-13(19(2)15-6-4-3-5-7-15)10-18-16(20)12-17-11-14-8-9-14/h3-7,13-14,17H,8-12H2,1-2H3,(H,18,20). The van der Waals surface area contributed by atoms with E-state index in [2.05, 4.69) is 41.6 Å². The third kappa shape index (κ3) is 4.85. The first-order valence-electron chi connectivity index (χ1n) is 7.42. The quantitative estimate of drug-likeness (QED) is 0.758. The number of carbonyl (C=O) groups is 1. The van der Waals surface area contributed by atoms with E-state index in [9.17, 15) is 4.79 Å². The molecule has 4 heteroatoms. The van der Waals surface area contributed by atoms with Crippen molar-refractivity contribution in [2.75, 3.05) is 31.6 Å². The number of benzene rings is 1. The second kappa shape index (κ2) is 7.29. The monoisotopic (exact) mass is 275 g/mol. The summed E-state index contributed by atoms with van der Waals surface area (Å²) in [5.74, 6) is 0.893. The van der Waals surface area contributed by atoms with Crippen LogP contribution in [-0.4, -0.2) is 38.6 Å². The number of rotatable bonds is 8. The van der Waals surface area contributed by atoms with Gasteiger partial charge in [-0.1, -0.05) is 18.2 Å². The number of anilines is 1. The molecule has 1 saturated carbocycles. The van der Waals surface area contributed by atoms with E-state index in [1.165, 1.54) is 18.5 Å². The van der Waals surface area contributed by atoms with Crippen molar-refractivity contribution < 1.29 is 4.79 Å². The molecular formula is C16H25N3O. The van der Waals surface area contributed by atoms with Crippen molar-refractivity contribution in [3.63, 3.8) is 0 Å². The second-order valence-corrected chi connectivity index (χ2v) is 5.67. The molecule has 0 bridgehead atoms. The van der Waals surface area contributed by atoms with E-state index in [-0.39, 0.29) is 11.9 Å². The molecule has 0 spiro atoms. The first-order chi connectivity index (χ1) is 9.66. The molecule has 0 heterocycles. The van der Waals surface area contributed by atoms with Gasteiger partial charge in [0.15, 0.2) is 0 Å². The molecule has 1 aromatic carbocycles. The molecule has 0 saturated heterocycles. The summed E-state index contributed by atoms with van der Waals surface area (Å²) in [7, 11) is 2.05. The zero-order valence-electron chi connectivity index (χ0n) is 12.4. The number of hydrogen-bond donors (Lipinski definition) is 2. The molecule has 20 heavy (non-hydrogen) atoms. The first-order valence-corrected chi connectivity index (χ1v) is 7.42. The molecule has 4 nitrogen and oxygen atoms in total. The highest BCUT2D eigenvalue weighted by molar-refractivity contribution is 5.78. The highest BCUT2D eigenvalue weighted by Crippen LogP contribution is 2.27. The minimum Gasteiger partial charge on any atom is -0.370 e. The minimum atomic E-state index is 0.0824. The Morgan fingerprint density at radius 2 is 2.05 bits per heavy atom. The van der Waals surface area contributed by atoms with Crippen LogP contribution in [0.1, 0.15) is 19.8 Å². The predicted octanol–water partition coefficient (Wildman–Crippen LogP) is 1.63. The molecule has 1 aliphatic carbocycles. The summed E-state index contributed by atoms with van der Waals surface area (Å²) in [6.45, 7) is 4.19. The van der Waals surface area contributed by atoms with Crippen LogP contribution >= 0.6 is 0 Å². The lowest BCUT2D eigenvalue weighted by molar-refractivity contribution is -0.120. The van der Waals surface area contributed by atoms with Crippen LogP contribution in [0, 0.1) is 5.92 Å². The Morgan fingerprint density at radius 3 is 2.70 bits per heavy atom. The van der Waals surface area contributed by atoms with E-state index in [1.54, 1.807) is 0 Å². The van der Waals surface area contributed by atoms with Crippen molar-refractivity contribution >= 4 is 11.6 Å². The van der Waals surface area contributed by atoms with Gasteiger partial charge in [0.2, 0.25) is 5.91 Å². The van der Waals surface area contributed by atoms with Crippen molar-refractivity contribution in [3.05, 3.63) is 30.3 Å². The summed E-state index contributed by atoms with van der Waals surface area (Å²) in [5, 5.41) is 6.19. The number of para-hydroxylation sites is 1. The molecule has 0 aromatic heterocycles. The summed E-state index contributed by atoms with van der Waals surface area (Å²) < 4.78 is 0. The summed E-state index contributed by atoms with van der Waals surface area (Å²) in [4.78, 5) is 13.9. The maximum absolute atomic E-state index is 11.7. The van der Waals surface area contributed by atoms with Gasteiger partial charge in [0.25, 0.3) is 0 Å². The van der Waals surface area contributed by atoms with E-state index in [0.717, 1.165) is 12.5 Å². The molecule has 0 radical (unpaired) electrons. The van der Waals surface area contributed by atoms with Gasteiger partial charge in [-0.05, 0) is 44.4 Å². The maximum Gasteiger partial charge on any atom is 0.234 e. The fourth-order valence-electron chi connectivity index (χ4n) is 2.09. The SMILES string of the molecule is CC(CNC(=O)CNCC1CC1)N(C)c1ccccc1. The van der Waals surface area contributed by atoms with Gasteiger partial charge in [0.1, 0.15) is 0 Å². The zero-order chi connectivity index (χ0) is 14.4. The molecule has 0 aliphatic heterocycles. The van der Waals surface area contributed by atoms with Crippen molar-refractivity contribution in [2.45, 2.75) is 25.8 Å². The fourth-order valence-corrected chi connectivity index (χ4v) is 2.09. The zero-order valence-corrected chi connectivity index (χ0v) is 12.4. The summed E-state index contributed by atoms with van der Waals surface area (Å²) >= 11 is 0. The second-order valence-electron chi connectivity index (χ2n) is 5.67. The van der Waals surface area contributed by atoms with Crippen LogP contribution in [0.5, 0.6) is 0 Å². The Labute approximate surface area is 121 Å². The van der Waals surface area contributed by atoms with Crippen molar-refractivity contribution in [3.8, 4) is 0 Å². The smallest absolute Gasteiger partial charge is 0.234 e. The van der Waals surface area contributed by atoms with Crippen LogP contribution in [0.2, 0.25) is 0 Å². The number of carbonyl (C=O) groups excluding carboxylic acids is 1. The van der Waals surface area contributed by atoms with E-state index < -0.39 is 0 Å². The number of nitrogens with one attached hydrogen (secondary N) is 2. The van der Waals surface area contributed by atoms with Crippen LogP contribution in [0.3, 0.4) is 0 Å². The highest BCUT2D eigenvalue weighted by Gasteiger charge is 2.20. The molecule has 1 aromatic rings. The van der Waals surface area contributed by atoms with E-state index in [1.807, 2.05) is 18.2 Å². The summed E-state index contributed by atoms with van der Waals surface area (Å²) in [5.41, 5.74) is 1.17. The van der Waals surface area contributed by atoms with Gasteiger partial charge in [-0.15, -0.1) is 0 Å². The van der Waals surface area contributed by atoms with Gasteiger partial charge >= 0.3 is 0 Å². The Hall–Kier alpha value is -1.55. The molecule has 1 fully saturated rings. The Balaban J connectivity index is 1.65. The Morgan fingerprint density at radius 1 is 1.35 bits per heavy atom. The summed E-state index contributed by atoms with van der Waals surface area (Å²) in [6.07, 6.45) is 2.63. The van der Waals surface area contributed by atoms with Crippen molar-refractivity contribution in [1.82, 2.24) is 10.6 Å². The molecule has 1 atom stereocenters. The largest absolute Gasteiger partial charge is 0.370 e. The average Bonchev–Trinajstić information content (AvgIpc) is 3.29. The predicted molar refractivity (Wildman–Crippen MR) is 82.9 cm³/mol. The van der Waals surface area contributed by atoms with Crippen molar-refractivity contribution in [1.29, 1.82) is 0 Å². The number of hydrogen-bond acceptors (Lipinski definition) is 3. The van der Waals surface area contributed by atoms with Gasteiger partial charge in [-0.3, -0.25) is 4.79 Å². The van der Waals surface area contributed by atoms with Gasteiger partial charge in [-0.25, -0.2) is 0 Å². The maximum atomic E-state index is 11.7. The fraction of sp³-hybridized carbons (Fsp3) is 0.562. The van der Waals surface area contributed by atoms with E-state index >= 15 is 0 Å².